The van der Waals surface area contributed by atoms with E-state index in [1.165, 1.54) is 11.8 Å². The van der Waals surface area contributed by atoms with Crippen LogP contribution in [0.3, 0.4) is 0 Å². The Morgan fingerprint density at radius 3 is 2.52 bits per heavy atom. The zero-order chi connectivity index (χ0) is 18.1. The molecule has 2 aromatic rings. The van der Waals surface area contributed by atoms with Crippen LogP contribution in [-0.2, 0) is 14.3 Å². The van der Waals surface area contributed by atoms with Crippen molar-refractivity contribution in [2.75, 3.05) is 24.8 Å². The summed E-state index contributed by atoms with van der Waals surface area (Å²) in [4.78, 5) is 24.5. The van der Waals surface area contributed by atoms with E-state index < -0.39 is 5.97 Å². The van der Waals surface area contributed by atoms with Crippen LogP contribution in [0.2, 0.25) is 0 Å². The summed E-state index contributed by atoms with van der Waals surface area (Å²) in [6.07, 6.45) is 2.02. The van der Waals surface area contributed by atoms with Crippen molar-refractivity contribution in [1.29, 1.82) is 0 Å². The third-order valence-corrected chi connectivity index (χ3v) is 4.14. The number of esters is 1. The topological polar surface area (TPSA) is 64.6 Å². The van der Waals surface area contributed by atoms with Crippen molar-refractivity contribution in [2.24, 2.45) is 0 Å². The minimum absolute atomic E-state index is 0.0859. The van der Waals surface area contributed by atoms with Gasteiger partial charge in [-0.2, -0.15) is 0 Å². The van der Waals surface area contributed by atoms with E-state index in [2.05, 4.69) is 5.32 Å². The van der Waals surface area contributed by atoms with Crippen molar-refractivity contribution < 1.29 is 19.1 Å². The maximum Gasteiger partial charge on any atom is 0.309 e. The Bertz CT molecular complexity index is 716. The Morgan fingerprint density at radius 2 is 1.80 bits per heavy atom. The smallest absolute Gasteiger partial charge is 0.309 e. The molecule has 0 saturated heterocycles. The van der Waals surface area contributed by atoms with Crippen molar-refractivity contribution in [3.63, 3.8) is 0 Å². The van der Waals surface area contributed by atoms with E-state index in [0.717, 1.165) is 10.5 Å². The lowest BCUT2D eigenvalue weighted by Gasteiger charge is -2.10. The van der Waals surface area contributed by atoms with E-state index in [1.807, 2.05) is 55.6 Å². The Hall–Kier alpha value is -2.47. The lowest BCUT2D eigenvalue weighted by Crippen LogP contribution is -2.21. The van der Waals surface area contributed by atoms with Gasteiger partial charge < -0.3 is 14.8 Å². The van der Waals surface area contributed by atoms with Crippen LogP contribution in [0.25, 0.3) is 0 Å². The van der Waals surface area contributed by atoms with Crippen LogP contribution in [0.4, 0.5) is 5.69 Å². The quantitative estimate of drug-likeness (QED) is 0.575. The van der Waals surface area contributed by atoms with Gasteiger partial charge in [0.05, 0.1) is 18.7 Å². The molecule has 5 nitrogen and oxygen atoms in total. The van der Waals surface area contributed by atoms with Crippen molar-refractivity contribution in [1.82, 2.24) is 0 Å². The first-order valence-corrected chi connectivity index (χ1v) is 9.09. The minimum atomic E-state index is -0.472. The van der Waals surface area contributed by atoms with E-state index in [1.54, 1.807) is 6.07 Å². The molecule has 1 amide bonds. The maximum absolute atomic E-state index is 11.9. The molecule has 0 fully saturated rings. The molecule has 0 unspecified atom stereocenters. The molecule has 0 aliphatic rings. The van der Waals surface area contributed by atoms with Gasteiger partial charge in [0.25, 0.3) is 5.91 Å². The molecule has 25 heavy (non-hydrogen) atoms. The van der Waals surface area contributed by atoms with Crippen LogP contribution in [0.15, 0.2) is 53.4 Å². The number of para-hydroxylation sites is 1. The van der Waals surface area contributed by atoms with E-state index in [-0.39, 0.29) is 25.5 Å². The highest BCUT2D eigenvalue weighted by Crippen LogP contribution is 2.24. The van der Waals surface area contributed by atoms with Gasteiger partial charge in [-0.25, -0.2) is 0 Å². The summed E-state index contributed by atoms with van der Waals surface area (Å²) < 4.78 is 10.4. The molecule has 1 N–H and O–H groups in total. The molecule has 132 valence electrons. The summed E-state index contributed by atoms with van der Waals surface area (Å²) in [5.41, 5.74) is 1.85. The molecule has 0 aliphatic heterocycles. The lowest BCUT2D eigenvalue weighted by molar-refractivity contribution is -0.147. The van der Waals surface area contributed by atoms with Crippen LogP contribution in [0.5, 0.6) is 5.75 Å². The molecular formula is C19H21NO4S. The molecule has 0 aliphatic carbocycles. The predicted octanol–water partition coefficient (Wildman–Crippen LogP) is 3.67. The standard InChI is InChI=1S/C19H21NO4S/c1-14-7-9-15(10-8-14)23-12-11-19(22)24-13-18(21)20-16-5-3-4-6-17(16)25-2/h3-10H,11-13H2,1-2H3,(H,20,21). The zero-order valence-electron chi connectivity index (χ0n) is 14.3. The Kier molecular flexibility index (Phi) is 7.35. The lowest BCUT2D eigenvalue weighted by atomic mass is 10.2. The number of anilines is 1. The second-order valence-corrected chi connectivity index (χ2v) is 6.17. The van der Waals surface area contributed by atoms with Gasteiger partial charge in [-0.1, -0.05) is 29.8 Å². The van der Waals surface area contributed by atoms with Crippen LogP contribution < -0.4 is 10.1 Å². The molecule has 0 bridgehead atoms. The van der Waals surface area contributed by atoms with Crippen molar-refractivity contribution >= 4 is 29.3 Å². The molecule has 0 aromatic heterocycles. The first-order chi connectivity index (χ1) is 12.1. The molecule has 0 radical (unpaired) electrons. The highest BCUT2D eigenvalue weighted by Gasteiger charge is 2.10. The molecule has 0 heterocycles. The van der Waals surface area contributed by atoms with Gasteiger partial charge >= 0.3 is 5.97 Å². The first-order valence-electron chi connectivity index (χ1n) is 7.86. The average molecular weight is 359 g/mol. The fourth-order valence-electron chi connectivity index (χ4n) is 2.04. The highest BCUT2D eigenvalue weighted by molar-refractivity contribution is 7.98. The number of amides is 1. The predicted molar refractivity (Wildman–Crippen MR) is 99.1 cm³/mol. The van der Waals surface area contributed by atoms with Gasteiger partial charge in [-0.3, -0.25) is 9.59 Å². The summed E-state index contributed by atoms with van der Waals surface area (Å²) in [5, 5.41) is 2.74. The van der Waals surface area contributed by atoms with Crippen molar-refractivity contribution in [2.45, 2.75) is 18.2 Å². The van der Waals surface area contributed by atoms with Crippen LogP contribution in [0, 0.1) is 6.92 Å². The minimum Gasteiger partial charge on any atom is -0.493 e. The number of thioether (sulfide) groups is 1. The fourth-order valence-corrected chi connectivity index (χ4v) is 2.59. The number of carbonyl (C=O) groups excluding carboxylic acids is 2. The van der Waals surface area contributed by atoms with E-state index in [0.29, 0.717) is 11.4 Å². The summed E-state index contributed by atoms with van der Waals surface area (Å²) in [5.74, 6) is -0.139. The summed E-state index contributed by atoms with van der Waals surface area (Å²) in [6, 6.07) is 15.0. The molecular weight excluding hydrogens is 338 g/mol. The van der Waals surface area contributed by atoms with E-state index in [9.17, 15) is 9.59 Å². The second kappa shape index (κ2) is 9.74. The SMILES string of the molecule is CSc1ccccc1NC(=O)COC(=O)CCOc1ccc(C)cc1. The van der Waals surface area contributed by atoms with Gasteiger partial charge in [0.2, 0.25) is 0 Å². The van der Waals surface area contributed by atoms with Gasteiger partial charge in [-0.05, 0) is 37.4 Å². The van der Waals surface area contributed by atoms with Crippen LogP contribution in [-0.4, -0.2) is 31.3 Å². The van der Waals surface area contributed by atoms with Gasteiger partial charge in [0, 0.05) is 4.90 Å². The second-order valence-electron chi connectivity index (χ2n) is 5.32. The molecule has 0 saturated carbocycles. The number of carbonyl (C=O) groups is 2. The van der Waals surface area contributed by atoms with Crippen LogP contribution in [0.1, 0.15) is 12.0 Å². The number of rotatable bonds is 8. The normalized spacial score (nSPS) is 10.2. The fraction of sp³-hybridized carbons (Fsp3) is 0.263. The zero-order valence-corrected chi connectivity index (χ0v) is 15.1. The number of ether oxygens (including phenoxy) is 2. The number of benzene rings is 2. The summed E-state index contributed by atoms with van der Waals surface area (Å²) in [7, 11) is 0. The van der Waals surface area contributed by atoms with Gasteiger partial charge in [0.15, 0.2) is 6.61 Å². The number of hydrogen-bond donors (Lipinski definition) is 1. The van der Waals surface area contributed by atoms with Gasteiger partial charge in [-0.15, -0.1) is 11.8 Å². The molecule has 2 aromatic carbocycles. The molecule has 0 atom stereocenters. The van der Waals surface area contributed by atoms with Crippen molar-refractivity contribution in [3.8, 4) is 5.75 Å². The maximum atomic E-state index is 11.9. The van der Waals surface area contributed by atoms with Crippen molar-refractivity contribution in [3.05, 3.63) is 54.1 Å². The molecule has 0 spiro atoms. The monoisotopic (exact) mass is 359 g/mol. The number of nitrogens with one attached hydrogen (secondary N) is 1. The molecule has 2 rings (SSSR count). The average Bonchev–Trinajstić information content (AvgIpc) is 2.62. The first kappa shape index (κ1) is 18.9. The largest absolute Gasteiger partial charge is 0.493 e. The van der Waals surface area contributed by atoms with E-state index in [4.69, 9.17) is 9.47 Å². The Labute approximate surface area is 151 Å². The van der Waals surface area contributed by atoms with Gasteiger partial charge in [0.1, 0.15) is 5.75 Å². The molecule has 6 heteroatoms. The van der Waals surface area contributed by atoms with Crippen LogP contribution >= 0.6 is 11.8 Å². The highest BCUT2D eigenvalue weighted by atomic mass is 32.2. The third-order valence-electron chi connectivity index (χ3n) is 3.34. The van der Waals surface area contributed by atoms with E-state index >= 15 is 0 Å². The number of aryl methyl sites for hydroxylation is 1. The summed E-state index contributed by atoms with van der Waals surface area (Å²) in [6.45, 7) is 1.88. The Balaban J connectivity index is 1.68. The summed E-state index contributed by atoms with van der Waals surface area (Å²) >= 11 is 1.53. The Morgan fingerprint density at radius 1 is 1.08 bits per heavy atom. The number of hydrogen-bond acceptors (Lipinski definition) is 5. The third kappa shape index (κ3) is 6.51.